The molecule has 1 unspecified atom stereocenters. The van der Waals surface area contributed by atoms with E-state index in [1.807, 2.05) is 0 Å². The Kier molecular flexibility index (Phi) is 5.45. The molecule has 0 aromatic carbocycles. The van der Waals surface area contributed by atoms with Gasteiger partial charge in [-0.15, -0.1) is 0 Å². The summed E-state index contributed by atoms with van der Waals surface area (Å²) >= 11 is 0. The highest BCUT2D eigenvalue weighted by Crippen LogP contribution is 2.03. The van der Waals surface area contributed by atoms with Crippen molar-refractivity contribution in [3.8, 4) is 0 Å². The van der Waals surface area contributed by atoms with Crippen molar-refractivity contribution < 1.29 is 4.74 Å². The van der Waals surface area contributed by atoms with Crippen LogP contribution in [0.1, 0.15) is 20.8 Å². The Morgan fingerprint density at radius 2 is 1.79 bits per heavy atom. The monoisotopic (exact) mass is 200 g/mol. The van der Waals surface area contributed by atoms with Crippen molar-refractivity contribution in [2.45, 2.75) is 26.8 Å². The third kappa shape index (κ3) is 3.56. The number of hydrogen-bond acceptors (Lipinski definition) is 3. The summed E-state index contributed by atoms with van der Waals surface area (Å²) in [6.45, 7) is 14.3. The Bertz CT molecular complexity index is 142. The van der Waals surface area contributed by atoms with Crippen molar-refractivity contribution in [3.63, 3.8) is 0 Å². The van der Waals surface area contributed by atoms with Crippen molar-refractivity contribution in [2.75, 3.05) is 45.9 Å². The highest BCUT2D eigenvalue weighted by Gasteiger charge is 2.16. The largest absolute Gasteiger partial charge is 0.379 e. The van der Waals surface area contributed by atoms with Crippen molar-refractivity contribution >= 4 is 0 Å². The minimum absolute atomic E-state index is 0.670. The van der Waals surface area contributed by atoms with Gasteiger partial charge in [0.15, 0.2) is 0 Å². The van der Waals surface area contributed by atoms with Gasteiger partial charge >= 0.3 is 0 Å². The molecule has 0 aromatic rings. The molecule has 84 valence electrons. The van der Waals surface area contributed by atoms with Crippen LogP contribution in [-0.2, 0) is 4.74 Å². The zero-order valence-corrected chi connectivity index (χ0v) is 9.83. The van der Waals surface area contributed by atoms with E-state index in [0.29, 0.717) is 6.04 Å². The first-order valence-electron chi connectivity index (χ1n) is 5.82. The Morgan fingerprint density at radius 1 is 1.21 bits per heavy atom. The lowest BCUT2D eigenvalue weighted by molar-refractivity contribution is 0.0254. The van der Waals surface area contributed by atoms with Crippen LogP contribution in [0, 0.1) is 0 Å². The van der Waals surface area contributed by atoms with E-state index >= 15 is 0 Å². The van der Waals surface area contributed by atoms with E-state index in [9.17, 15) is 0 Å². The fourth-order valence-corrected chi connectivity index (χ4v) is 2.12. The zero-order chi connectivity index (χ0) is 10.4. The SMILES string of the molecule is CCN(CC)C(C)CN1CCOCC1. The Balaban J connectivity index is 2.26. The van der Waals surface area contributed by atoms with E-state index in [1.165, 1.54) is 6.54 Å². The van der Waals surface area contributed by atoms with Gasteiger partial charge in [-0.25, -0.2) is 0 Å². The second-order valence-corrected chi connectivity index (χ2v) is 3.98. The normalized spacial score (nSPS) is 21.4. The zero-order valence-electron chi connectivity index (χ0n) is 9.83. The van der Waals surface area contributed by atoms with E-state index in [0.717, 1.165) is 39.4 Å². The minimum Gasteiger partial charge on any atom is -0.379 e. The lowest BCUT2D eigenvalue weighted by Crippen LogP contribution is -2.46. The van der Waals surface area contributed by atoms with Gasteiger partial charge in [0.1, 0.15) is 0 Å². The molecule has 1 aliphatic heterocycles. The van der Waals surface area contributed by atoms with Crippen molar-refractivity contribution in [3.05, 3.63) is 0 Å². The quantitative estimate of drug-likeness (QED) is 0.660. The van der Waals surface area contributed by atoms with Gasteiger partial charge in [-0.3, -0.25) is 9.80 Å². The van der Waals surface area contributed by atoms with Gasteiger partial charge in [-0.2, -0.15) is 0 Å². The topological polar surface area (TPSA) is 15.7 Å². The van der Waals surface area contributed by atoms with Gasteiger partial charge in [0.05, 0.1) is 13.2 Å². The van der Waals surface area contributed by atoms with Crippen LogP contribution in [0.4, 0.5) is 0 Å². The van der Waals surface area contributed by atoms with Crippen LogP contribution in [0.2, 0.25) is 0 Å². The summed E-state index contributed by atoms with van der Waals surface area (Å²) in [7, 11) is 0. The predicted octanol–water partition coefficient (Wildman–Crippen LogP) is 1.05. The maximum absolute atomic E-state index is 5.34. The van der Waals surface area contributed by atoms with E-state index in [1.54, 1.807) is 0 Å². The molecule has 3 heteroatoms. The maximum atomic E-state index is 5.34. The minimum atomic E-state index is 0.670. The van der Waals surface area contributed by atoms with Crippen LogP contribution in [0.3, 0.4) is 0 Å². The highest BCUT2D eigenvalue weighted by molar-refractivity contribution is 4.71. The molecule has 0 aliphatic carbocycles. The number of hydrogen-bond donors (Lipinski definition) is 0. The lowest BCUT2D eigenvalue weighted by Gasteiger charge is -2.33. The van der Waals surface area contributed by atoms with Crippen LogP contribution >= 0.6 is 0 Å². The van der Waals surface area contributed by atoms with Crippen molar-refractivity contribution in [1.82, 2.24) is 9.80 Å². The van der Waals surface area contributed by atoms with E-state index < -0.39 is 0 Å². The van der Waals surface area contributed by atoms with Gasteiger partial charge in [0.25, 0.3) is 0 Å². The molecular weight excluding hydrogens is 176 g/mol. The van der Waals surface area contributed by atoms with Crippen molar-refractivity contribution in [1.29, 1.82) is 0 Å². The fourth-order valence-electron chi connectivity index (χ4n) is 2.12. The molecule has 14 heavy (non-hydrogen) atoms. The summed E-state index contributed by atoms with van der Waals surface area (Å²) in [4.78, 5) is 5.02. The van der Waals surface area contributed by atoms with Crippen molar-refractivity contribution in [2.24, 2.45) is 0 Å². The average Bonchev–Trinajstić information content (AvgIpc) is 2.21. The van der Waals surface area contributed by atoms with Crippen LogP contribution in [0.15, 0.2) is 0 Å². The third-order valence-corrected chi connectivity index (χ3v) is 3.06. The first-order valence-corrected chi connectivity index (χ1v) is 5.82. The summed E-state index contributed by atoms with van der Waals surface area (Å²) in [5, 5.41) is 0. The molecule has 1 saturated heterocycles. The molecule has 0 aromatic heterocycles. The smallest absolute Gasteiger partial charge is 0.0594 e. The Morgan fingerprint density at radius 3 is 2.29 bits per heavy atom. The fraction of sp³-hybridized carbons (Fsp3) is 1.00. The van der Waals surface area contributed by atoms with E-state index in [2.05, 4.69) is 30.6 Å². The third-order valence-electron chi connectivity index (χ3n) is 3.06. The number of morpholine rings is 1. The first kappa shape index (κ1) is 12.0. The molecule has 0 spiro atoms. The number of nitrogens with zero attached hydrogens (tertiary/aromatic N) is 2. The summed E-state index contributed by atoms with van der Waals surface area (Å²) in [6, 6.07) is 0.670. The lowest BCUT2D eigenvalue weighted by atomic mass is 10.2. The highest BCUT2D eigenvalue weighted by atomic mass is 16.5. The van der Waals surface area contributed by atoms with E-state index in [4.69, 9.17) is 4.74 Å². The predicted molar refractivity (Wildman–Crippen MR) is 59.6 cm³/mol. The van der Waals surface area contributed by atoms with Gasteiger partial charge in [0, 0.05) is 25.7 Å². The molecule has 0 amide bonds. The molecule has 1 fully saturated rings. The number of likely N-dealkylation sites (N-methyl/N-ethyl adjacent to an activating group) is 1. The first-order chi connectivity index (χ1) is 6.77. The summed E-state index contributed by atoms with van der Waals surface area (Å²) in [5.74, 6) is 0. The maximum Gasteiger partial charge on any atom is 0.0594 e. The van der Waals surface area contributed by atoms with Crippen LogP contribution < -0.4 is 0 Å². The molecule has 0 saturated carbocycles. The molecule has 0 bridgehead atoms. The molecule has 1 rings (SSSR count). The van der Waals surface area contributed by atoms with Gasteiger partial charge in [-0.05, 0) is 20.0 Å². The van der Waals surface area contributed by atoms with Crippen LogP contribution in [0.5, 0.6) is 0 Å². The molecule has 0 N–H and O–H groups in total. The number of ether oxygens (including phenoxy) is 1. The molecule has 1 atom stereocenters. The Labute approximate surface area is 88.0 Å². The molecule has 1 heterocycles. The molecule has 0 radical (unpaired) electrons. The molecular formula is C11H24N2O. The molecule has 1 aliphatic rings. The standard InChI is InChI=1S/C11H24N2O/c1-4-13(5-2)11(3)10-12-6-8-14-9-7-12/h11H,4-10H2,1-3H3. The summed E-state index contributed by atoms with van der Waals surface area (Å²) < 4.78 is 5.34. The van der Waals surface area contributed by atoms with Gasteiger partial charge < -0.3 is 4.74 Å². The van der Waals surface area contributed by atoms with Gasteiger partial charge in [0.2, 0.25) is 0 Å². The second kappa shape index (κ2) is 6.38. The van der Waals surface area contributed by atoms with Gasteiger partial charge in [-0.1, -0.05) is 13.8 Å². The summed E-state index contributed by atoms with van der Waals surface area (Å²) in [5.41, 5.74) is 0. The van der Waals surface area contributed by atoms with E-state index in [-0.39, 0.29) is 0 Å². The van der Waals surface area contributed by atoms with Crippen LogP contribution in [-0.4, -0.2) is 61.8 Å². The summed E-state index contributed by atoms with van der Waals surface area (Å²) in [6.07, 6.45) is 0. The Hall–Kier alpha value is -0.120. The second-order valence-electron chi connectivity index (χ2n) is 3.98. The van der Waals surface area contributed by atoms with Crippen LogP contribution in [0.25, 0.3) is 0 Å². The average molecular weight is 200 g/mol. The molecule has 3 nitrogen and oxygen atoms in total. The number of rotatable bonds is 5.